The van der Waals surface area contributed by atoms with Gasteiger partial charge >= 0.3 is 0 Å². The number of nitrogens with zero attached hydrogens (tertiary/aromatic N) is 1. The molecular weight excluding hydrogens is 278 g/mol. The van der Waals surface area contributed by atoms with E-state index < -0.39 is 0 Å². The van der Waals surface area contributed by atoms with E-state index in [0.717, 1.165) is 17.7 Å². The van der Waals surface area contributed by atoms with Crippen LogP contribution in [0, 0.1) is 6.92 Å². The van der Waals surface area contributed by atoms with Gasteiger partial charge in [-0.1, -0.05) is 19.1 Å². The van der Waals surface area contributed by atoms with E-state index in [1.54, 1.807) is 6.07 Å². The highest BCUT2D eigenvalue weighted by molar-refractivity contribution is 6.05. The average molecular weight is 297 g/mol. The zero-order valence-electron chi connectivity index (χ0n) is 12.7. The lowest BCUT2D eigenvalue weighted by molar-refractivity contribution is 0.0948. The van der Waals surface area contributed by atoms with E-state index in [1.807, 2.05) is 38.1 Å². The van der Waals surface area contributed by atoms with Crippen LogP contribution in [0.5, 0.6) is 0 Å². The van der Waals surface area contributed by atoms with Gasteiger partial charge in [0.05, 0.1) is 0 Å². The second-order valence-corrected chi connectivity index (χ2v) is 5.01. The van der Waals surface area contributed by atoms with E-state index in [4.69, 9.17) is 0 Å². The highest BCUT2D eigenvalue weighted by Crippen LogP contribution is 2.12. The molecular formula is C17H19N3O2. The number of carbonyl (C=O) groups excluding carboxylic acids is 2. The first-order valence-corrected chi connectivity index (χ1v) is 7.22. The molecule has 0 spiro atoms. The molecule has 0 fully saturated rings. The first kappa shape index (κ1) is 15.7. The Morgan fingerprint density at radius 1 is 1.14 bits per heavy atom. The van der Waals surface area contributed by atoms with Gasteiger partial charge in [-0.05, 0) is 43.2 Å². The fourth-order valence-corrected chi connectivity index (χ4v) is 1.95. The van der Waals surface area contributed by atoms with Gasteiger partial charge in [-0.15, -0.1) is 0 Å². The van der Waals surface area contributed by atoms with Crippen molar-refractivity contribution in [1.82, 2.24) is 10.3 Å². The van der Waals surface area contributed by atoms with Crippen LogP contribution in [0.1, 0.15) is 39.8 Å². The van der Waals surface area contributed by atoms with Gasteiger partial charge in [0.2, 0.25) is 0 Å². The molecule has 0 aliphatic carbocycles. The van der Waals surface area contributed by atoms with Gasteiger partial charge in [-0.2, -0.15) is 0 Å². The van der Waals surface area contributed by atoms with Crippen molar-refractivity contribution in [2.75, 3.05) is 11.9 Å². The van der Waals surface area contributed by atoms with Crippen LogP contribution in [0.25, 0.3) is 0 Å². The molecule has 0 radical (unpaired) electrons. The fourth-order valence-electron chi connectivity index (χ4n) is 1.95. The Morgan fingerprint density at radius 3 is 2.68 bits per heavy atom. The van der Waals surface area contributed by atoms with Crippen molar-refractivity contribution in [2.24, 2.45) is 0 Å². The largest absolute Gasteiger partial charge is 0.351 e. The number of anilines is 1. The Kier molecular flexibility index (Phi) is 5.25. The van der Waals surface area contributed by atoms with E-state index in [9.17, 15) is 9.59 Å². The molecule has 2 N–H and O–H groups in total. The summed E-state index contributed by atoms with van der Waals surface area (Å²) < 4.78 is 0. The third kappa shape index (κ3) is 4.15. The van der Waals surface area contributed by atoms with Gasteiger partial charge in [0.1, 0.15) is 5.69 Å². The molecule has 0 saturated heterocycles. The van der Waals surface area contributed by atoms with Crippen molar-refractivity contribution < 1.29 is 9.59 Å². The smallest absolute Gasteiger partial charge is 0.269 e. The number of nitrogens with one attached hydrogen (secondary N) is 2. The Balaban J connectivity index is 2.11. The minimum atomic E-state index is -0.271. The Bertz CT molecular complexity index is 683. The lowest BCUT2D eigenvalue weighted by atomic mass is 10.2. The van der Waals surface area contributed by atoms with E-state index in [1.165, 1.54) is 12.3 Å². The summed E-state index contributed by atoms with van der Waals surface area (Å²) in [7, 11) is 0. The number of carbonyl (C=O) groups is 2. The SMILES string of the molecule is CCCNC(=O)c1cc(C(=O)Nc2cccc(C)c2)ccn1. The highest BCUT2D eigenvalue weighted by atomic mass is 16.2. The molecule has 1 heterocycles. The molecule has 0 saturated carbocycles. The van der Waals surface area contributed by atoms with Gasteiger partial charge in [0.25, 0.3) is 11.8 Å². The second-order valence-electron chi connectivity index (χ2n) is 5.01. The van der Waals surface area contributed by atoms with Gasteiger partial charge in [-0.3, -0.25) is 14.6 Å². The minimum Gasteiger partial charge on any atom is -0.351 e. The second kappa shape index (κ2) is 7.36. The first-order valence-electron chi connectivity index (χ1n) is 7.22. The van der Waals surface area contributed by atoms with Crippen molar-refractivity contribution in [2.45, 2.75) is 20.3 Å². The fraction of sp³-hybridized carbons (Fsp3) is 0.235. The lowest BCUT2D eigenvalue weighted by Gasteiger charge is -2.07. The molecule has 0 aliphatic heterocycles. The number of rotatable bonds is 5. The van der Waals surface area contributed by atoms with Gasteiger partial charge in [-0.25, -0.2) is 0 Å². The van der Waals surface area contributed by atoms with Crippen LogP contribution in [0.4, 0.5) is 5.69 Å². The third-order valence-electron chi connectivity index (χ3n) is 3.07. The summed E-state index contributed by atoms with van der Waals surface area (Å²) in [6, 6.07) is 10.6. The van der Waals surface area contributed by atoms with E-state index in [0.29, 0.717) is 12.1 Å². The predicted molar refractivity (Wildman–Crippen MR) is 86.0 cm³/mol. The molecule has 0 unspecified atom stereocenters. The maximum absolute atomic E-state index is 12.2. The number of aromatic nitrogens is 1. The van der Waals surface area contributed by atoms with Gasteiger partial charge < -0.3 is 10.6 Å². The Labute approximate surface area is 129 Å². The van der Waals surface area contributed by atoms with Crippen LogP contribution in [-0.2, 0) is 0 Å². The molecule has 114 valence electrons. The predicted octanol–water partition coefficient (Wildman–Crippen LogP) is 2.78. The quantitative estimate of drug-likeness (QED) is 0.891. The zero-order valence-corrected chi connectivity index (χ0v) is 12.7. The number of pyridine rings is 1. The molecule has 1 aromatic carbocycles. The average Bonchev–Trinajstić information content (AvgIpc) is 2.52. The maximum Gasteiger partial charge on any atom is 0.269 e. The summed E-state index contributed by atoms with van der Waals surface area (Å²) in [5.74, 6) is -0.537. The zero-order chi connectivity index (χ0) is 15.9. The van der Waals surface area contributed by atoms with E-state index in [-0.39, 0.29) is 17.5 Å². The van der Waals surface area contributed by atoms with Crippen LogP contribution in [0.15, 0.2) is 42.6 Å². The monoisotopic (exact) mass is 297 g/mol. The molecule has 5 nitrogen and oxygen atoms in total. The first-order chi connectivity index (χ1) is 10.6. The number of hydrogen-bond donors (Lipinski definition) is 2. The summed E-state index contributed by atoms with van der Waals surface area (Å²) in [5.41, 5.74) is 2.43. The molecule has 5 heteroatoms. The van der Waals surface area contributed by atoms with Gasteiger partial charge in [0.15, 0.2) is 0 Å². The van der Waals surface area contributed by atoms with E-state index >= 15 is 0 Å². The van der Waals surface area contributed by atoms with Crippen molar-refractivity contribution in [3.05, 3.63) is 59.4 Å². The molecule has 2 amide bonds. The number of aryl methyl sites for hydroxylation is 1. The number of amides is 2. The molecule has 0 bridgehead atoms. The lowest BCUT2D eigenvalue weighted by Crippen LogP contribution is -2.25. The molecule has 22 heavy (non-hydrogen) atoms. The summed E-state index contributed by atoms with van der Waals surface area (Å²) >= 11 is 0. The van der Waals surface area contributed by atoms with Crippen LogP contribution < -0.4 is 10.6 Å². The number of benzene rings is 1. The van der Waals surface area contributed by atoms with Crippen molar-refractivity contribution in [1.29, 1.82) is 0 Å². The summed E-state index contributed by atoms with van der Waals surface area (Å²) in [6.45, 7) is 4.51. The minimum absolute atomic E-state index is 0.241. The topological polar surface area (TPSA) is 71.1 Å². The maximum atomic E-state index is 12.2. The highest BCUT2D eigenvalue weighted by Gasteiger charge is 2.11. The van der Waals surface area contributed by atoms with E-state index in [2.05, 4.69) is 15.6 Å². The summed E-state index contributed by atoms with van der Waals surface area (Å²) in [4.78, 5) is 28.1. The van der Waals surface area contributed by atoms with Crippen LogP contribution in [-0.4, -0.2) is 23.3 Å². The van der Waals surface area contributed by atoms with Crippen LogP contribution in [0.2, 0.25) is 0 Å². The molecule has 0 aliphatic rings. The molecule has 0 atom stereocenters. The molecule has 2 rings (SSSR count). The van der Waals surface area contributed by atoms with Crippen LogP contribution >= 0.6 is 0 Å². The summed E-state index contributed by atoms with van der Waals surface area (Å²) in [5, 5.41) is 5.55. The Morgan fingerprint density at radius 2 is 1.95 bits per heavy atom. The summed E-state index contributed by atoms with van der Waals surface area (Å²) in [6.07, 6.45) is 2.31. The van der Waals surface area contributed by atoms with Crippen LogP contribution in [0.3, 0.4) is 0 Å². The Hall–Kier alpha value is -2.69. The normalized spacial score (nSPS) is 10.1. The van der Waals surface area contributed by atoms with Gasteiger partial charge in [0, 0.05) is 24.0 Å². The van der Waals surface area contributed by atoms with Crippen molar-refractivity contribution in [3.8, 4) is 0 Å². The molecule has 2 aromatic rings. The number of hydrogen-bond acceptors (Lipinski definition) is 3. The van der Waals surface area contributed by atoms with Crippen molar-refractivity contribution >= 4 is 17.5 Å². The third-order valence-corrected chi connectivity index (χ3v) is 3.07. The molecule has 1 aromatic heterocycles. The van der Waals surface area contributed by atoms with Crippen molar-refractivity contribution in [3.63, 3.8) is 0 Å². The standard InChI is InChI=1S/C17H19N3O2/c1-3-8-19-17(22)15-11-13(7-9-18-15)16(21)20-14-6-4-5-12(2)10-14/h4-7,9-11H,3,8H2,1-2H3,(H,19,22)(H,20,21).